The Hall–Kier alpha value is -0.890. The summed E-state index contributed by atoms with van der Waals surface area (Å²) in [5, 5.41) is 9.67. The van der Waals surface area contributed by atoms with Gasteiger partial charge in [0.25, 0.3) is 0 Å². The van der Waals surface area contributed by atoms with E-state index < -0.39 is 0 Å². The van der Waals surface area contributed by atoms with Crippen LogP contribution in [0.25, 0.3) is 0 Å². The normalized spacial score (nSPS) is 19.2. The third-order valence-electron chi connectivity index (χ3n) is 4.13. The molecule has 0 atom stereocenters. The van der Waals surface area contributed by atoms with Gasteiger partial charge in [0.15, 0.2) is 0 Å². The van der Waals surface area contributed by atoms with Gasteiger partial charge in [-0.3, -0.25) is 0 Å². The van der Waals surface area contributed by atoms with Crippen molar-refractivity contribution in [1.82, 2.24) is 0 Å². The first kappa shape index (κ1) is 12.6. The van der Waals surface area contributed by atoms with E-state index in [0.29, 0.717) is 0 Å². The minimum absolute atomic E-state index is 0.00317. The highest BCUT2D eigenvalue weighted by molar-refractivity contribution is 5.27. The van der Waals surface area contributed by atoms with E-state index in [-0.39, 0.29) is 17.8 Å². The molecule has 0 amide bonds. The highest BCUT2D eigenvalue weighted by atomic mass is 19.1. The van der Waals surface area contributed by atoms with Crippen LogP contribution in [0.3, 0.4) is 0 Å². The summed E-state index contributed by atoms with van der Waals surface area (Å²) in [5.41, 5.74) is 2.18. The number of halogens is 1. The van der Waals surface area contributed by atoms with Gasteiger partial charge in [-0.25, -0.2) is 4.39 Å². The van der Waals surface area contributed by atoms with Gasteiger partial charge in [-0.15, -0.1) is 0 Å². The molecule has 2 rings (SSSR count). The molecule has 17 heavy (non-hydrogen) atoms. The van der Waals surface area contributed by atoms with Gasteiger partial charge in [-0.1, -0.05) is 25.3 Å². The number of hydrogen-bond acceptors (Lipinski definition) is 1. The summed E-state index contributed by atoms with van der Waals surface area (Å²) >= 11 is 0. The van der Waals surface area contributed by atoms with Crippen LogP contribution >= 0.6 is 0 Å². The van der Waals surface area contributed by atoms with E-state index >= 15 is 0 Å². The van der Waals surface area contributed by atoms with Crippen LogP contribution in [0.1, 0.15) is 43.2 Å². The predicted octanol–water partition coefficient (Wildman–Crippen LogP) is 3.62. The quantitative estimate of drug-likeness (QED) is 0.849. The summed E-state index contributed by atoms with van der Waals surface area (Å²) in [6, 6.07) is 4.96. The monoisotopic (exact) mass is 236 g/mol. The highest BCUT2D eigenvalue weighted by Crippen LogP contribution is 2.39. The largest absolute Gasteiger partial charge is 0.396 e. The maximum absolute atomic E-state index is 13.3. The highest BCUT2D eigenvalue weighted by Gasteiger charge is 2.31. The Morgan fingerprint density at radius 2 is 1.94 bits per heavy atom. The van der Waals surface area contributed by atoms with Crippen LogP contribution in [0.4, 0.5) is 4.39 Å². The average Bonchev–Trinajstić information content (AvgIpc) is 2.35. The third kappa shape index (κ3) is 2.86. The fourth-order valence-electron chi connectivity index (χ4n) is 2.93. The number of aryl methyl sites for hydroxylation is 1. The van der Waals surface area contributed by atoms with Gasteiger partial charge < -0.3 is 5.11 Å². The van der Waals surface area contributed by atoms with Crippen molar-refractivity contribution in [2.24, 2.45) is 5.41 Å². The van der Waals surface area contributed by atoms with Crippen molar-refractivity contribution < 1.29 is 9.50 Å². The van der Waals surface area contributed by atoms with Gasteiger partial charge in [-0.2, -0.15) is 0 Å². The fraction of sp³-hybridized carbons (Fsp3) is 0.600. The van der Waals surface area contributed by atoms with E-state index in [9.17, 15) is 9.50 Å². The molecule has 1 aliphatic rings. The van der Waals surface area contributed by atoms with Crippen molar-refractivity contribution >= 4 is 0 Å². The fourth-order valence-corrected chi connectivity index (χ4v) is 2.93. The van der Waals surface area contributed by atoms with Crippen molar-refractivity contribution in [2.75, 3.05) is 6.61 Å². The zero-order valence-electron chi connectivity index (χ0n) is 10.5. The van der Waals surface area contributed by atoms with Crippen LogP contribution in [0.2, 0.25) is 0 Å². The number of aliphatic hydroxyl groups is 1. The van der Waals surface area contributed by atoms with Gasteiger partial charge in [0.2, 0.25) is 0 Å². The Labute approximate surface area is 103 Å². The lowest BCUT2D eigenvalue weighted by Crippen LogP contribution is -2.31. The molecule has 0 unspecified atom stereocenters. The van der Waals surface area contributed by atoms with Crippen molar-refractivity contribution in [1.29, 1.82) is 0 Å². The Balaban J connectivity index is 2.20. The first-order valence-corrected chi connectivity index (χ1v) is 6.51. The van der Waals surface area contributed by atoms with Gasteiger partial charge >= 0.3 is 0 Å². The van der Waals surface area contributed by atoms with Crippen molar-refractivity contribution in [3.63, 3.8) is 0 Å². The second-order valence-corrected chi connectivity index (χ2v) is 5.47. The van der Waals surface area contributed by atoms with Crippen molar-refractivity contribution in [2.45, 2.75) is 45.4 Å². The summed E-state index contributed by atoms with van der Waals surface area (Å²) in [5.74, 6) is -0.172. The van der Waals surface area contributed by atoms with Crippen molar-refractivity contribution in [3.05, 3.63) is 35.1 Å². The molecule has 1 saturated carbocycles. The number of aliphatic hydroxyl groups excluding tert-OH is 1. The third-order valence-corrected chi connectivity index (χ3v) is 4.13. The number of benzene rings is 1. The molecule has 1 aromatic carbocycles. The van der Waals surface area contributed by atoms with E-state index in [1.54, 1.807) is 6.07 Å². The first-order valence-electron chi connectivity index (χ1n) is 6.51. The molecule has 0 saturated heterocycles. The molecular weight excluding hydrogens is 215 g/mol. The van der Waals surface area contributed by atoms with E-state index in [4.69, 9.17) is 0 Å². The van der Waals surface area contributed by atoms with E-state index in [1.165, 1.54) is 25.3 Å². The van der Waals surface area contributed by atoms with Gasteiger partial charge in [-0.05, 0) is 54.9 Å². The SMILES string of the molecule is Cc1ccc(F)cc1CC1(CO)CCCCC1. The lowest BCUT2D eigenvalue weighted by molar-refractivity contribution is 0.0821. The van der Waals surface area contributed by atoms with Crippen LogP contribution in [-0.2, 0) is 6.42 Å². The molecule has 0 aromatic heterocycles. The van der Waals surface area contributed by atoms with E-state index in [2.05, 4.69) is 0 Å². The number of hydrogen-bond donors (Lipinski definition) is 1. The molecule has 1 aliphatic carbocycles. The molecule has 2 heteroatoms. The van der Waals surface area contributed by atoms with E-state index in [1.807, 2.05) is 13.0 Å². The summed E-state index contributed by atoms with van der Waals surface area (Å²) in [6.07, 6.45) is 6.60. The number of rotatable bonds is 3. The Morgan fingerprint density at radius 1 is 1.24 bits per heavy atom. The summed E-state index contributed by atoms with van der Waals surface area (Å²) < 4.78 is 13.3. The molecule has 0 radical (unpaired) electrons. The van der Waals surface area contributed by atoms with Crippen LogP contribution in [0.5, 0.6) is 0 Å². The van der Waals surface area contributed by atoms with Crippen LogP contribution in [-0.4, -0.2) is 11.7 Å². The maximum atomic E-state index is 13.3. The molecule has 1 N–H and O–H groups in total. The molecule has 0 aliphatic heterocycles. The topological polar surface area (TPSA) is 20.2 Å². The zero-order valence-corrected chi connectivity index (χ0v) is 10.5. The second-order valence-electron chi connectivity index (χ2n) is 5.47. The lowest BCUT2D eigenvalue weighted by atomic mass is 9.70. The van der Waals surface area contributed by atoms with E-state index in [0.717, 1.165) is 30.4 Å². The Morgan fingerprint density at radius 3 is 2.59 bits per heavy atom. The molecular formula is C15H21FO. The summed E-state index contributed by atoms with van der Waals surface area (Å²) in [4.78, 5) is 0. The van der Waals surface area contributed by atoms with Gasteiger partial charge in [0, 0.05) is 6.61 Å². The van der Waals surface area contributed by atoms with Gasteiger partial charge in [0.05, 0.1) is 0 Å². The standard InChI is InChI=1S/C15H21FO/c1-12-5-6-14(16)9-13(12)10-15(11-17)7-3-2-4-8-15/h5-6,9,17H,2-4,7-8,10-11H2,1H3. The molecule has 1 fully saturated rings. The van der Waals surface area contributed by atoms with Crippen LogP contribution in [0.15, 0.2) is 18.2 Å². The molecule has 94 valence electrons. The second kappa shape index (κ2) is 5.18. The zero-order chi connectivity index (χ0) is 12.3. The summed E-state index contributed by atoms with van der Waals surface area (Å²) in [7, 11) is 0. The summed E-state index contributed by atoms with van der Waals surface area (Å²) in [6.45, 7) is 2.24. The molecule has 0 bridgehead atoms. The molecule has 1 nitrogen and oxygen atoms in total. The molecule has 0 spiro atoms. The molecule has 1 aromatic rings. The van der Waals surface area contributed by atoms with Crippen LogP contribution < -0.4 is 0 Å². The average molecular weight is 236 g/mol. The van der Waals surface area contributed by atoms with Gasteiger partial charge in [0.1, 0.15) is 5.82 Å². The molecule has 0 heterocycles. The Kier molecular flexibility index (Phi) is 3.82. The lowest BCUT2D eigenvalue weighted by Gasteiger charge is -2.36. The van der Waals surface area contributed by atoms with Crippen molar-refractivity contribution in [3.8, 4) is 0 Å². The minimum atomic E-state index is -0.172. The maximum Gasteiger partial charge on any atom is 0.123 e. The smallest absolute Gasteiger partial charge is 0.123 e. The Bertz CT molecular complexity index is 381. The predicted molar refractivity (Wildman–Crippen MR) is 67.4 cm³/mol. The first-order chi connectivity index (χ1) is 8.15. The minimum Gasteiger partial charge on any atom is -0.396 e. The van der Waals surface area contributed by atoms with Crippen LogP contribution in [0, 0.1) is 18.2 Å².